The molecule has 0 aliphatic heterocycles. The Balaban J connectivity index is 3.18. The molecule has 0 fully saturated rings. The highest BCUT2D eigenvalue weighted by atomic mass is 14.7. The topological polar surface area (TPSA) is 12.4 Å². The molecule has 78 valence electrons. The minimum Gasteiger partial charge on any atom is -0.294 e. The van der Waals surface area contributed by atoms with Crippen molar-refractivity contribution in [2.45, 2.75) is 65.7 Å². The lowest BCUT2D eigenvalue weighted by Crippen LogP contribution is -1.92. The molecule has 0 saturated carbocycles. The molecule has 1 heteroatoms. The van der Waals surface area contributed by atoms with Crippen LogP contribution in [0.1, 0.15) is 65.7 Å². The summed E-state index contributed by atoms with van der Waals surface area (Å²) in [6.45, 7) is 7.66. The van der Waals surface area contributed by atoms with Crippen LogP contribution in [-0.2, 0) is 0 Å². The second-order valence-electron chi connectivity index (χ2n) is 3.78. The highest BCUT2D eigenvalue weighted by Gasteiger charge is 1.89. The average molecular weight is 183 g/mol. The summed E-state index contributed by atoms with van der Waals surface area (Å²) in [4.78, 5) is 4.53. The molecule has 0 N–H and O–H groups in total. The molecular formula is C12H25N. The van der Waals surface area contributed by atoms with Crippen LogP contribution in [0.5, 0.6) is 0 Å². The van der Waals surface area contributed by atoms with Crippen molar-refractivity contribution in [1.29, 1.82) is 0 Å². The maximum Gasteiger partial charge on any atom is 0.0388 e. The number of rotatable bonds is 8. The average Bonchev–Trinajstić information content (AvgIpc) is 2.11. The van der Waals surface area contributed by atoms with Crippen molar-refractivity contribution < 1.29 is 0 Å². The molecule has 0 aromatic heterocycles. The van der Waals surface area contributed by atoms with E-state index in [2.05, 4.69) is 25.8 Å². The molecule has 0 rings (SSSR count). The molecular weight excluding hydrogens is 158 g/mol. The zero-order valence-electron chi connectivity index (χ0n) is 9.60. The van der Waals surface area contributed by atoms with Crippen LogP contribution in [0.4, 0.5) is 0 Å². The molecule has 0 atom stereocenters. The molecule has 0 unspecified atom stereocenters. The van der Waals surface area contributed by atoms with Gasteiger partial charge in [-0.1, -0.05) is 46.0 Å². The third-order valence-electron chi connectivity index (χ3n) is 2.26. The van der Waals surface area contributed by atoms with Crippen molar-refractivity contribution in [2.24, 2.45) is 4.99 Å². The van der Waals surface area contributed by atoms with Gasteiger partial charge in [-0.25, -0.2) is 0 Å². The van der Waals surface area contributed by atoms with Crippen molar-refractivity contribution in [1.82, 2.24) is 0 Å². The van der Waals surface area contributed by atoms with Crippen LogP contribution in [0.3, 0.4) is 0 Å². The first-order valence-electron chi connectivity index (χ1n) is 5.81. The third kappa shape index (κ3) is 9.59. The first kappa shape index (κ1) is 12.7. The number of hydrogen-bond donors (Lipinski definition) is 0. The number of aliphatic imine (C=N–C) groups is 1. The summed E-state index contributed by atoms with van der Waals surface area (Å²) in [7, 11) is 0. The predicted octanol–water partition coefficient (Wildman–Crippen LogP) is 4.22. The second kappa shape index (κ2) is 9.76. The molecule has 0 saturated heterocycles. The monoisotopic (exact) mass is 183 g/mol. The molecule has 0 radical (unpaired) electrons. The van der Waals surface area contributed by atoms with Crippen molar-refractivity contribution in [3.05, 3.63) is 0 Å². The van der Waals surface area contributed by atoms with Gasteiger partial charge in [-0.15, -0.1) is 0 Å². The van der Waals surface area contributed by atoms with E-state index < -0.39 is 0 Å². The minimum absolute atomic E-state index is 1.05. The first-order valence-corrected chi connectivity index (χ1v) is 5.81. The second-order valence-corrected chi connectivity index (χ2v) is 3.78. The van der Waals surface area contributed by atoms with Crippen molar-refractivity contribution in [2.75, 3.05) is 6.54 Å². The summed E-state index contributed by atoms with van der Waals surface area (Å²) < 4.78 is 0. The SMILES string of the molecule is CCCCCCC/N=C(\C)CCC. The molecule has 0 aliphatic rings. The Morgan fingerprint density at radius 1 is 0.923 bits per heavy atom. The highest BCUT2D eigenvalue weighted by Crippen LogP contribution is 2.02. The van der Waals surface area contributed by atoms with Gasteiger partial charge in [0.1, 0.15) is 0 Å². The fourth-order valence-electron chi connectivity index (χ4n) is 1.43. The summed E-state index contributed by atoms with van der Waals surface area (Å²) in [5.41, 5.74) is 1.33. The van der Waals surface area contributed by atoms with Gasteiger partial charge in [0.15, 0.2) is 0 Å². The fraction of sp³-hybridized carbons (Fsp3) is 0.917. The third-order valence-corrected chi connectivity index (χ3v) is 2.26. The standard InChI is InChI=1S/C12H25N/c1-4-6-7-8-9-11-13-12(3)10-5-2/h4-11H2,1-3H3/b13-12+. The van der Waals surface area contributed by atoms with E-state index in [4.69, 9.17) is 0 Å². The molecule has 0 spiro atoms. The van der Waals surface area contributed by atoms with Gasteiger partial charge in [0.2, 0.25) is 0 Å². The molecule has 0 aromatic rings. The minimum atomic E-state index is 1.05. The van der Waals surface area contributed by atoms with Crippen LogP contribution in [0, 0.1) is 0 Å². The normalized spacial score (nSPS) is 12.1. The van der Waals surface area contributed by atoms with Gasteiger partial charge in [0, 0.05) is 12.3 Å². The molecule has 0 amide bonds. The van der Waals surface area contributed by atoms with E-state index in [-0.39, 0.29) is 0 Å². The van der Waals surface area contributed by atoms with Crippen LogP contribution in [0.2, 0.25) is 0 Å². The van der Waals surface area contributed by atoms with E-state index in [0.29, 0.717) is 0 Å². The quantitative estimate of drug-likeness (QED) is 0.395. The Morgan fingerprint density at radius 2 is 1.62 bits per heavy atom. The molecule has 1 nitrogen and oxygen atoms in total. The Kier molecular flexibility index (Phi) is 9.51. The molecule has 13 heavy (non-hydrogen) atoms. The first-order chi connectivity index (χ1) is 6.31. The maximum absolute atomic E-state index is 4.53. The van der Waals surface area contributed by atoms with Gasteiger partial charge >= 0.3 is 0 Å². The smallest absolute Gasteiger partial charge is 0.0388 e. The van der Waals surface area contributed by atoms with E-state index >= 15 is 0 Å². The summed E-state index contributed by atoms with van der Waals surface area (Å²) in [5, 5.41) is 0. The fourth-order valence-corrected chi connectivity index (χ4v) is 1.43. The summed E-state index contributed by atoms with van der Waals surface area (Å²) in [5.74, 6) is 0. The van der Waals surface area contributed by atoms with E-state index in [0.717, 1.165) is 6.54 Å². The summed E-state index contributed by atoms with van der Waals surface area (Å²) >= 11 is 0. The number of nitrogens with zero attached hydrogens (tertiary/aromatic N) is 1. The van der Waals surface area contributed by atoms with Gasteiger partial charge in [0.05, 0.1) is 0 Å². The van der Waals surface area contributed by atoms with Crippen LogP contribution in [0.15, 0.2) is 4.99 Å². The zero-order valence-corrected chi connectivity index (χ0v) is 9.60. The van der Waals surface area contributed by atoms with Crippen molar-refractivity contribution >= 4 is 5.71 Å². The zero-order chi connectivity index (χ0) is 9.94. The number of unbranched alkanes of at least 4 members (excludes halogenated alkanes) is 4. The van der Waals surface area contributed by atoms with Gasteiger partial charge < -0.3 is 0 Å². The predicted molar refractivity (Wildman–Crippen MR) is 61.6 cm³/mol. The van der Waals surface area contributed by atoms with Gasteiger partial charge in [-0.2, -0.15) is 0 Å². The number of hydrogen-bond acceptors (Lipinski definition) is 1. The summed E-state index contributed by atoms with van der Waals surface area (Å²) in [6.07, 6.45) is 9.15. The van der Waals surface area contributed by atoms with E-state index in [9.17, 15) is 0 Å². The van der Waals surface area contributed by atoms with Crippen molar-refractivity contribution in [3.8, 4) is 0 Å². The largest absolute Gasteiger partial charge is 0.294 e. The van der Waals surface area contributed by atoms with Gasteiger partial charge in [-0.3, -0.25) is 4.99 Å². The molecule has 0 aliphatic carbocycles. The molecule has 0 aromatic carbocycles. The van der Waals surface area contributed by atoms with E-state index in [1.807, 2.05) is 0 Å². The highest BCUT2D eigenvalue weighted by molar-refractivity contribution is 5.81. The van der Waals surface area contributed by atoms with Crippen LogP contribution in [-0.4, -0.2) is 12.3 Å². The Labute approximate surface area is 83.6 Å². The van der Waals surface area contributed by atoms with E-state index in [1.165, 1.54) is 50.7 Å². The lowest BCUT2D eigenvalue weighted by molar-refractivity contribution is 0.638. The van der Waals surface area contributed by atoms with Crippen LogP contribution in [0.25, 0.3) is 0 Å². The van der Waals surface area contributed by atoms with Crippen LogP contribution < -0.4 is 0 Å². The Bertz CT molecular complexity index is 127. The lowest BCUT2D eigenvalue weighted by atomic mass is 10.1. The van der Waals surface area contributed by atoms with Gasteiger partial charge in [-0.05, 0) is 19.8 Å². The lowest BCUT2D eigenvalue weighted by Gasteiger charge is -1.99. The summed E-state index contributed by atoms with van der Waals surface area (Å²) in [6, 6.07) is 0. The van der Waals surface area contributed by atoms with E-state index in [1.54, 1.807) is 0 Å². The Morgan fingerprint density at radius 3 is 2.23 bits per heavy atom. The molecule has 0 heterocycles. The molecule has 0 bridgehead atoms. The van der Waals surface area contributed by atoms with Gasteiger partial charge in [0.25, 0.3) is 0 Å². The maximum atomic E-state index is 4.53. The van der Waals surface area contributed by atoms with Crippen LogP contribution >= 0.6 is 0 Å². The van der Waals surface area contributed by atoms with Crippen molar-refractivity contribution in [3.63, 3.8) is 0 Å². The Hall–Kier alpha value is -0.330.